The van der Waals surface area contributed by atoms with Gasteiger partial charge in [-0.3, -0.25) is 0 Å². The first kappa shape index (κ1) is 14.9. The number of nitrogens with one attached hydrogen (secondary N) is 1. The van der Waals surface area contributed by atoms with Gasteiger partial charge in [0.15, 0.2) is 9.84 Å². The van der Waals surface area contributed by atoms with Crippen LogP contribution in [0.15, 0.2) is 34.1 Å². The van der Waals surface area contributed by atoms with Crippen molar-refractivity contribution in [2.45, 2.75) is 47.3 Å². The normalized spacial score (nSPS) is 23.7. The monoisotopic (exact) mass is 299 g/mol. The van der Waals surface area contributed by atoms with Crippen LogP contribution < -0.4 is 5.32 Å². The summed E-state index contributed by atoms with van der Waals surface area (Å²) in [7, 11) is -3.09. The molecule has 0 bridgehead atoms. The molecule has 1 aromatic carbocycles. The first-order chi connectivity index (χ1) is 9.00. The fourth-order valence-electron chi connectivity index (χ4n) is 2.50. The molecule has 0 amide bonds. The lowest BCUT2D eigenvalue weighted by atomic mass is 10.2. The molecule has 5 heteroatoms. The lowest BCUT2D eigenvalue weighted by Crippen LogP contribution is -2.33. The average molecular weight is 299 g/mol. The highest BCUT2D eigenvalue weighted by atomic mass is 32.2. The van der Waals surface area contributed by atoms with Crippen molar-refractivity contribution in [1.82, 2.24) is 5.32 Å². The van der Waals surface area contributed by atoms with E-state index in [1.165, 1.54) is 25.5 Å². The van der Waals surface area contributed by atoms with E-state index in [4.69, 9.17) is 0 Å². The third-order valence-corrected chi connectivity index (χ3v) is 6.00. The maximum atomic E-state index is 11.4. The van der Waals surface area contributed by atoms with Gasteiger partial charge in [-0.25, -0.2) is 8.42 Å². The third-order valence-electron chi connectivity index (χ3n) is 3.46. The molecule has 2 atom stereocenters. The van der Waals surface area contributed by atoms with Crippen LogP contribution in [0.5, 0.6) is 0 Å². The van der Waals surface area contributed by atoms with Gasteiger partial charge in [0.25, 0.3) is 0 Å². The molecule has 0 saturated heterocycles. The van der Waals surface area contributed by atoms with E-state index < -0.39 is 9.84 Å². The maximum absolute atomic E-state index is 11.4. The van der Waals surface area contributed by atoms with Gasteiger partial charge in [-0.15, -0.1) is 11.8 Å². The summed E-state index contributed by atoms with van der Waals surface area (Å²) in [6, 6.07) is 7.83. The summed E-state index contributed by atoms with van der Waals surface area (Å²) >= 11 is 1.86. The van der Waals surface area contributed by atoms with Gasteiger partial charge < -0.3 is 5.32 Å². The Hall–Kier alpha value is -0.520. The van der Waals surface area contributed by atoms with Gasteiger partial charge in [0.05, 0.1) is 4.90 Å². The van der Waals surface area contributed by atoms with Crippen LogP contribution in [0.2, 0.25) is 0 Å². The minimum Gasteiger partial charge on any atom is -0.313 e. The Morgan fingerprint density at radius 1 is 1.26 bits per heavy atom. The Morgan fingerprint density at radius 3 is 2.53 bits per heavy atom. The largest absolute Gasteiger partial charge is 0.313 e. The van der Waals surface area contributed by atoms with E-state index in [9.17, 15) is 8.42 Å². The Balaban J connectivity index is 2.03. The summed E-state index contributed by atoms with van der Waals surface area (Å²) in [5, 5.41) is 4.13. The zero-order valence-corrected chi connectivity index (χ0v) is 13.1. The molecule has 1 aromatic rings. The molecular weight excluding hydrogens is 278 g/mol. The predicted molar refractivity (Wildman–Crippen MR) is 80.5 cm³/mol. The molecular formula is C14H21NO2S2. The first-order valence-corrected chi connectivity index (χ1v) is 9.48. The molecule has 0 aromatic heterocycles. The second-order valence-corrected chi connectivity index (χ2v) is 8.32. The van der Waals surface area contributed by atoms with Crippen LogP contribution in [-0.4, -0.2) is 32.5 Å². The molecule has 1 fully saturated rings. The second-order valence-electron chi connectivity index (χ2n) is 4.99. The molecule has 1 N–H and O–H groups in total. The van der Waals surface area contributed by atoms with E-state index >= 15 is 0 Å². The zero-order valence-electron chi connectivity index (χ0n) is 11.4. The summed E-state index contributed by atoms with van der Waals surface area (Å²) in [5.74, 6) is 0. The van der Waals surface area contributed by atoms with Crippen LogP contribution in [0, 0.1) is 0 Å². The standard InChI is InChI=1S/C14H21NO2S2/c1-3-15-13-5-4-6-14(13)18-11-7-9-12(10-8-11)19(2,16)17/h7-10,13-15H,3-6H2,1-2H3. The van der Waals surface area contributed by atoms with E-state index in [1.54, 1.807) is 12.1 Å². The van der Waals surface area contributed by atoms with Crippen LogP contribution in [0.25, 0.3) is 0 Å². The molecule has 2 unspecified atom stereocenters. The van der Waals surface area contributed by atoms with Crippen LogP contribution >= 0.6 is 11.8 Å². The van der Waals surface area contributed by atoms with Crippen molar-refractivity contribution in [2.24, 2.45) is 0 Å². The quantitative estimate of drug-likeness (QED) is 0.908. The smallest absolute Gasteiger partial charge is 0.175 e. The Labute approximate surface area is 120 Å². The molecule has 19 heavy (non-hydrogen) atoms. The molecule has 0 heterocycles. The van der Waals surface area contributed by atoms with Gasteiger partial charge >= 0.3 is 0 Å². The van der Waals surface area contributed by atoms with Gasteiger partial charge in [-0.1, -0.05) is 13.3 Å². The number of hydrogen-bond acceptors (Lipinski definition) is 4. The summed E-state index contributed by atoms with van der Waals surface area (Å²) in [5.41, 5.74) is 0. The van der Waals surface area contributed by atoms with Crippen molar-refractivity contribution in [3.05, 3.63) is 24.3 Å². The highest BCUT2D eigenvalue weighted by Crippen LogP contribution is 2.35. The first-order valence-electron chi connectivity index (χ1n) is 6.71. The van der Waals surface area contributed by atoms with E-state index in [-0.39, 0.29) is 0 Å². The van der Waals surface area contributed by atoms with Crippen molar-refractivity contribution in [1.29, 1.82) is 0 Å². The fourth-order valence-corrected chi connectivity index (χ4v) is 4.46. The number of benzene rings is 1. The van der Waals surface area contributed by atoms with E-state index in [0.29, 0.717) is 16.2 Å². The van der Waals surface area contributed by atoms with Crippen LogP contribution in [-0.2, 0) is 9.84 Å². The molecule has 0 spiro atoms. The predicted octanol–water partition coefficient (Wildman–Crippen LogP) is 2.71. The average Bonchev–Trinajstić information content (AvgIpc) is 2.77. The summed E-state index contributed by atoms with van der Waals surface area (Å²) in [6.45, 7) is 3.15. The van der Waals surface area contributed by atoms with E-state index in [0.717, 1.165) is 11.4 Å². The van der Waals surface area contributed by atoms with Crippen molar-refractivity contribution >= 4 is 21.6 Å². The van der Waals surface area contributed by atoms with Crippen molar-refractivity contribution in [2.75, 3.05) is 12.8 Å². The summed E-state index contributed by atoms with van der Waals surface area (Å²) < 4.78 is 22.8. The Kier molecular flexibility index (Phi) is 4.92. The van der Waals surface area contributed by atoms with Gasteiger partial charge in [-0.05, 0) is 43.7 Å². The minimum atomic E-state index is -3.09. The van der Waals surface area contributed by atoms with Gasteiger partial charge in [0, 0.05) is 22.4 Å². The van der Waals surface area contributed by atoms with Crippen molar-refractivity contribution in [3.8, 4) is 0 Å². The van der Waals surface area contributed by atoms with Crippen LogP contribution in [0.4, 0.5) is 0 Å². The Bertz CT molecular complexity index is 511. The van der Waals surface area contributed by atoms with Crippen LogP contribution in [0.3, 0.4) is 0 Å². The maximum Gasteiger partial charge on any atom is 0.175 e. The molecule has 1 aliphatic carbocycles. The molecule has 3 nitrogen and oxygen atoms in total. The molecule has 1 aliphatic rings. The summed E-state index contributed by atoms with van der Waals surface area (Å²) in [4.78, 5) is 1.55. The number of thioether (sulfide) groups is 1. The lowest BCUT2D eigenvalue weighted by Gasteiger charge is -2.19. The molecule has 0 radical (unpaired) electrons. The van der Waals surface area contributed by atoms with Gasteiger partial charge in [0.1, 0.15) is 0 Å². The van der Waals surface area contributed by atoms with E-state index in [1.807, 2.05) is 23.9 Å². The van der Waals surface area contributed by atoms with Crippen LogP contribution in [0.1, 0.15) is 26.2 Å². The SMILES string of the molecule is CCNC1CCCC1Sc1ccc(S(C)(=O)=O)cc1. The lowest BCUT2D eigenvalue weighted by molar-refractivity contribution is 0.551. The third kappa shape index (κ3) is 3.97. The van der Waals surface area contributed by atoms with Crippen molar-refractivity contribution in [3.63, 3.8) is 0 Å². The number of sulfone groups is 1. The summed E-state index contributed by atoms with van der Waals surface area (Å²) in [6.07, 6.45) is 4.99. The minimum absolute atomic E-state index is 0.395. The molecule has 2 rings (SSSR count). The highest BCUT2D eigenvalue weighted by molar-refractivity contribution is 8.00. The van der Waals surface area contributed by atoms with Crippen molar-refractivity contribution < 1.29 is 8.42 Å². The molecule has 0 aliphatic heterocycles. The highest BCUT2D eigenvalue weighted by Gasteiger charge is 2.27. The van der Waals surface area contributed by atoms with Gasteiger partial charge in [-0.2, -0.15) is 0 Å². The number of hydrogen-bond donors (Lipinski definition) is 1. The second kappa shape index (κ2) is 6.29. The zero-order chi connectivity index (χ0) is 13.9. The van der Waals surface area contributed by atoms with Gasteiger partial charge in [0.2, 0.25) is 0 Å². The van der Waals surface area contributed by atoms with E-state index in [2.05, 4.69) is 12.2 Å². The number of rotatable bonds is 5. The molecule has 1 saturated carbocycles. The molecule has 106 valence electrons. The topological polar surface area (TPSA) is 46.2 Å². The fraction of sp³-hybridized carbons (Fsp3) is 0.571. The Morgan fingerprint density at radius 2 is 1.95 bits per heavy atom.